The molecule has 0 amide bonds. The highest BCUT2D eigenvalue weighted by molar-refractivity contribution is 6.00. The number of fused-ring (bicyclic) bond motifs is 1. The highest BCUT2D eigenvalue weighted by Gasteiger charge is 2.20. The van der Waals surface area contributed by atoms with Gasteiger partial charge in [-0.3, -0.25) is 9.48 Å². The van der Waals surface area contributed by atoms with Gasteiger partial charge in [0, 0.05) is 18.0 Å². The molecule has 0 radical (unpaired) electrons. The van der Waals surface area contributed by atoms with Gasteiger partial charge in [-0.2, -0.15) is 5.10 Å². The summed E-state index contributed by atoms with van der Waals surface area (Å²) >= 11 is 0. The van der Waals surface area contributed by atoms with Crippen molar-refractivity contribution in [1.82, 2.24) is 9.78 Å². The van der Waals surface area contributed by atoms with Gasteiger partial charge in [0.1, 0.15) is 19.6 Å². The molecular formula is C21H22BrN3O. The molecule has 3 rings (SSSR count). The highest BCUT2D eigenvalue weighted by Crippen LogP contribution is 2.16. The maximum atomic E-state index is 12.6. The number of hydrogen-bond donors (Lipinski definition) is 0. The second-order valence-corrected chi connectivity index (χ2v) is 6.79. The van der Waals surface area contributed by atoms with E-state index >= 15 is 0 Å². The molecule has 2 aromatic carbocycles. The fraction of sp³-hybridized carbons (Fsp3) is 0.238. The number of halogens is 1. The minimum atomic E-state index is 0. The fourth-order valence-corrected chi connectivity index (χ4v) is 2.70. The summed E-state index contributed by atoms with van der Waals surface area (Å²) in [5, 5.41) is 6.36. The molecule has 3 aromatic rings. The standard InChI is InChI=1S/C21H22N3O.BrH/c1-24(2,15-6-5-13-23-14-7-12-22-23)17-21(25)20-11-10-18-8-3-4-9-19(18)16-20;/h3-4,7-12,14,16H,13,15,17H2,1-2H3;1H/q+1;/p-1. The zero-order valence-electron chi connectivity index (χ0n) is 15.0. The minimum Gasteiger partial charge on any atom is -1.00 e. The molecule has 0 aliphatic heterocycles. The van der Waals surface area contributed by atoms with Crippen LogP contribution in [0.1, 0.15) is 10.4 Å². The number of aromatic nitrogens is 2. The first-order valence-corrected chi connectivity index (χ1v) is 8.31. The normalized spacial score (nSPS) is 10.7. The average molecular weight is 412 g/mol. The maximum Gasteiger partial charge on any atom is 0.216 e. The third-order valence-electron chi connectivity index (χ3n) is 4.08. The first-order chi connectivity index (χ1) is 12.0. The van der Waals surface area contributed by atoms with Crippen LogP contribution in [0.15, 0.2) is 60.9 Å². The lowest BCUT2D eigenvalue weighted by atomic mass is 10.0. The van der Waals surface area contributed by atoms with Crippen molar-refractivity contribution in [3.63, 3.8) is 0 Å². The Morgan fingerprint density at radius 3 is 2.58 bits per heavy atom. The van der Waals surface area contributed by atoms with E-state index in [0.29, 0.717) is 24.1 Å². The van der Waals surface area contributed by atoms with Gasteiger partial charge in [-0.05, 0) is 28.8 Å². The quantitative estimate of drug-likeness (QED) is 0.336. The summed E-state index contributed by atoms with van der Waals surface area (Å²) < 4.78 is 2.32. The van der Waals surface area contributed by atoms with Gasteiger partial charge in [0.25, 0.3) is 0 Å². The van der Waals surface area contributed by atoms with E-state index in [1.807, 2.05) is 62.8 Å². The van der Waals surface area contributed by atoms with Crippen molar-refractivity contribution >= 4 is 16.6 Å². The smallest absolute Gasteiger partial charge is 0.216 e. The Bertz CT molecular complexity index is 937. The van der Waals surface area contributed by atoms with Crippen molar-refractivity contribution in [3.05, 3.63) is 66.5 Å². The van der Waals surface area contributed by atoms with Gasteiger partial charge in [0.05, 0.1) is 14.1 Å². The summed E-state index contributed by atoms with van der Waals surface area (Å²) in [7, 11) is 4.06. The summed E-state index contributed by atoms with van der Waals surface area (Å²) in [6, 6.07) is 15.9. The molecule has 0 aliphatic carbocycles. The molecule has 0 atom stereocenters. The largest absolute Gasteiger partial charge is 1.00 e. The van der Waals surface area contributed by atoms with Crippen LogP contribution in [0.4, 0.5) is 0 Å². The third-order valence-corrected chi connectivity index (χ3v) is 4.08. The number of carbonyl (C=O) groups is 1. The monoisotopic (exact) mass is 411 g/mol. The van der Waals surface area contributed by atoms with Gasteiger partial charge in [0.2, 0.25) is 5.78 Å². The van der Waals surface area contributed by atoms with Crippen LogP contribution in [0.2, 0.25) is 0 Å². The van der Waals surface area contributed by atoms with Gasteiger partial charge < -0.3 is 21.5 Å². The van der Waals surface area contributed by atoms with E-state index in [9.17, 15) is 4.79 Å². The lowest BCUT2D eigenvalue weighted by Gasteiger charge is -2.26. The Labute approximate surface area is 164 Å². The summed E-state index contributed by atoms with van der Waals surface area (Å²) in [5.41, 5.74) is 0.759. The number of Topliss-reactive ketones (excluding diaryl/α,β-unsaturated/α-hetero) is 1. The molecule has 4 nitrogen and oxygen atoms in total. The number of rotatable bonds is 5. The van der Waals surface area contributed by atoms with Gasteiger partial charge in [-0.15, -0.1) is 0 Å². The summed E-state index contributed by atoms with van der Waals surface area (Å²) in [6.07, 6.45) is 3.63. The second-order valence-electron chi connectivity index (χ2n) is 6.79. The zero-order chi connectivity index (χ0) is 17.7. The van der Waals surface area contributed by atoms with E-state index in [0.717, 1.165) is 16.3 Å². The molecule has 0 bridgehead atoms. The van der Waals surface area contributed by atoms with Crippen molar-refractivity contribution in [3.8, 4) is 11.8 Å². The Kier molecular flexibility index (Phi) is 6.73. The molecule has 1 heterocycles. The number of nitrogens with zero attached hydrogens (tertiary/aromatic N) is 3. The predicted octanol–water partition coefficient (Wildman–Crippen LogP) is 0.00300. The predicted molar refractivity (Wildman–Crippen MR) is 100 cm³/mol. The third kappa shape index (κ3) is 5.29. The number of hydrogen-bond acceptors (Lipinski definition) is 2. The van der Waals surface area contributed by atoms with Crippen LogP contribution in [0.25, 0.3) is 10.8 Å². The molecule has 0 saturated heterocycles. The van der Waals surface area contributed by atoms with Gasteiger partial charge in [-0.25, -0.2) is 0 Å². The lowest BCUT2D eigenvalue weighted by molar-refractivity contribution is -0.874. The first kappa shape index (κ1) is 19.9. The number of benzene rings is 2. The molecule has 0 unspecified atom stereocenters. The van der Waals surface area contributed by atoms with E-state index < -0.39 is 0 Å². The van der Waals surface area contributed by atoms with E-state index in [2.05, 4.69) is 23.0 Å². The number of quaternary nitrogens is 1. The molecule has 0 saturated carbocycles. The van der Waals surface area contributed by atoms with Crippen LogP contribution in [-0.2, 0) is 6.54 Å². The Hall–Kier alpha value is -2.42. The molecule has 26 heavy (non-hydrogen) atoms. The average Bonchev–Trinajstić information content (AvgIpc) is 3.11. The molecular weight excluding hydrogens is 390 g/mol. The SMILES string of the molecule is C[N+](C)(CC#CCn1cccn1)CC(=O)c1ccc2ccccc2c1.[Br-]. The van der Waals surface area contributed by atoms with Crippen LogP contribution in [-0.4, -0.2) is 47.2 Å². The van der Waals surface area contributed by atoms with E-state index in [4.69, 9.17) is 0 Å². The molecule has 0 N–H and O–H groups in total. The maximum absolute atomic E-state index is 12.6. The fourth-order valence-electron chi connectivity index (χ4n) is 2.70. The summed E-state index contributed by atoms with van der Waals surface area (Å²) in [4.78, 5) is 12.6. The summed E-state index contributed by atoms with van der Waals surface area (Å²) in [5.74, 6) is 6.41. The molecule has 134 valence electrons. The van der Waals surface area contributed by atoms with Gasteiger partial charge in [-0.1, -0.05) is 42.3 Å². The van der Waals surface area contributed by atoms with Crippen LogP contribution < -0.4 is 17.0 Å². The van der Waals surface area contributed by atoms with Crippen LogP contribution in [0, 0.1) is 11.8 Å². The van der Waals surface area contributed by atoms with Crippen LogP contribution in [0.3, 0.4) is 0 Å². The van der Waals surface area contributed by atoms with E-state index in [1.54, 1.807) is 10.9 Å². The topological polar surface area (TPSA) is 34.9 Å². The number of carbonyl (C=O) groups excluding carboxylic acids is 1. The molecule has 0 spiro atoms. The minimum absolute atomic E-state index is 0. The Morgan fingerprint density at radius 2 is 1.85 bits per heavy atom. The molecule has 0 aliphatic rings. The van der Waals surface area contributed by atoms with Gasteiger partial charge >= 0.3 is 0 Å². The highest BCUT2D eigenvalue weighted by atomic mass is 79.9. The molecule has 0 fully saturated rings. The van der Waals surface area contributed by atoms with Gasteiger partial charge in [0.15, 0.2) is 0 Å². The second kappa shape index (κ2) is 8.79. The molecule has 1 aromatic heterocycles. The zero-order valence-corrected chi connectivity index (χ0v) is 16.6. The van der Waals surface area contributed by atoms with Crippen molar-refractivity contribution in [2.45, 2.75) is 6.54 Å². The Balaban J connectivity index is 0.00000243. The first-order valence-electron chi connectivity index (χ1n) is 8.31. The number of likely N-dealkylation sites (N-methyl/N-ethyl adjacent to an activating group) is 1. The Morgan fingerprint density at radius 1 is 1.08 bits per heavy atom. The van der Waals surface area contributed by atoms with E-state index in [-0.39, 0.29) is 22.8 Å². The number of ketones is 1. The van der Waals surface area contributed by atoms with E-state index in [1.165, 1.54) is 0 Å². The van der Waals surface area contributed by atoms with Crippen LogP contribution in [0.5, 0.6) is 0 Å². The van der Waals surface area contributed by atoms with Crippen molar-refractivity contribution in [1.29, 1.82) is 0 Å². The van der Waals surface area contributed by atoms with Crippen LogP contribution >= 0.6 is 0 Å². The summed E-state index contributed by atoms with van der Waals surface area (Å²) in [6.45, 7) is 1.63. The molecule has 5 heteroatoms. The van der Waals surface area contributed by atoms with Crippen molar-refractivity contribution in [2.24, 2.45) is 0 Å². The van der Waals surface area contributed by atoms with Crippen molar-refractivity contribution < 1.29 is 26.3 Å². The van der Waals surface area contributed by atoms with Crippen molar-refractivity contribution in [2.75, 3.05) is 27.2 Å². The lowest BCUT2D eigenvalue weighted by Crippen LogP contribution is -3.00.